The molecule has 0 atom stereocenters. The quantitative estimate of drug-likeness (QED) is 0.526. The topological polar surface area (TPSA) is 93.3 Å². The molecular formula is C23H25N3O4. The van der Waals surface area contributed by atoms with Gasteiger partial charge in [-0.05, 0) is 48.4 Å². The van der Waals surface area contributed by atoms with Crippen molar-refractivity contribution in [1.82, 2.24) is 9.97 Å². The van der Waals surface area contributed by atoms with Crippen LogP contribution in [0.1, 0.15) is 41.6 Å². The van der Waals surface area contributed by atoms with Crippen LogP contribution in [0.4, 0.5) is 5.69 Å². The SMILES string of the molecule is CCCCOc1ccc(NC(=O)c2cc(=O)[nH]c(Cc3ccc(OC)cc3)n2)cc1. The Hall–Kier alpha value is -3.61. The highest BCUT2D eigenvalue weighted by molar-refractivity contribution is 6.02. The molecule has 0 radical (unpaired) electrons. The summed E-state index contributed by atoms with van der Waals surface area (Å²) in [4.78, 5) is 31.6. The minimum Gasteiger partial charge on any atom is -0.497 e. The molecule has 1 aromatic heterocycles. The number of amides is 1. The molecule has 0 saturated heterocycles. The van der Waals surface area contributed by atoms with Crippen molar-refractivity contribution in [2.45, 2.75) is 26.2 Å². The lowest BCUT2D eigenvalue weighted by Gasteiger charge is -2.09. The van der Waals surface area contributed by atoms with E-state index in [4.69, 9.17) is 9.47 Å². The first kappa shape index (κ1) is 21.1. The molecule has 7 heteroatoms. The maximum absolute atomic E-state index is 12.6. The molecule has 0 fully saturated rings. The molecule has 1 heterocycles. The number of aromatic nitrogens is 2. The number of methoxy groups -OCH3 is 1. The second kappa shape index (κ2) is 10.2. The van der Waals surface area contributed by atoms with E-state index in [9.17, 15) is 9.59 Å². The summed E-state index contributed by atoms with van der Waals surface area (Å²) in [5, 5.41) is 2.76. The van der Waals surface area contributed by atoms with E-state index >= 15 is 0 Å². The first-order valence-electron chi connectivity index (χ1n) is 9.84. The lowest BCUT2D eigenvalue weighted by Crippen LogP contribution is -2.20. The molecule has 3 rings (SSSR count). The normalized spacial score (nSPS) is 10.5. The van der Waals surface area contributed by atoms with Gasteiger partial charge >= 0.3 is 0 Å². The van der Waals surface area contributed by atoms with Gasteiger partial charge in [-0.3, -0.25) is 9.59 Å². The van der Waals surface area contributed by atoms with Crippen molar-refractivity contribution in [2.75, 3.05) is 19.0 Å². The monoisotopic (exact) mass is 407 g/mol. The number of H-pyrrole nitrogens is 1. The fourth-order valence-corrected chi connectivity index (χ4v) is 2.81. The molecule has 2 N–H and O–H groups in total. The van der Waals surface area contributed by atoms with Crippen LogP contribution in [0.25, 0.3) is 0 Å². The molecule has 0 unspecified atom stereocenters. The first-order chi connectivity index (χ1) is 14.6. The standard InChI is InChI=1S/C23H25N3O4/c1-3-4-13-30-19-11-7-17(8-12-19)24-23(28)20-15-22(27)26-21(25-20)14-16-5-9-18(29-2)10-6-16/h5-12,15H,3-4,13-14H2,1-2H3,(H,24,28)(H,25,26,27). The van der Waals surface area contributed by atoms with Crippen molar-refractivity contribution in [3.8, 4) is 11.5 Å². The second-order valence-electron chi connectivity index (χ2n) is 6.78. The summed E-state index contributed by atoms with van der Waals surface area (Å²) in [6, 6.07) is 15.7. The van der Waals surface area contributed by atoms with Crippen molar-refractivity contribution in [2.24, 2.45) is 0 Å². The van der Waals surface area contributed by atoms with Crippen LogP contribution in [0.2, 0.25) is 0 Å². The Labute approximate surface area is 175 Å². The molecule has 0 aliphatic heterocycles. The van der Waals surface area contributed by atoms with Crippen molar-refractivity contribution in [3.05, 3.63) is 82.0 Å². The molecule has 0 aliphatic rings. The molecule has 156 valence electrons. The lowest BCUT2D eigenvalue weighted by atomic mass is 10.1. The first-order valence-corrected chi connectivity index (χ1v) is 9.84. The number of anilines is 1. The Morgan fingerprint density at radius 1 is 1.07 bits per heavy atom. The number of carbonyl (C=O) groups excluding carboxylic acids is 1. The largest absolute Gasteiger partial charge is 0.497 e. The molecule has 0 bridgehead atoms. The van der Waals surface area contributed by atoms with Crippen LogP contribution in [0, 0.1) is 0 Å². The van der Waals surface area contributed by atoms with Crippen molar-refractivity contribution in [3.63, 3.8) is 0 Å². The van der Waals surface area contributed by atoms with Gasteiger partial charge in [0.05, 0.1) is 13.7 Å². The van der Waals surface area contributed by atoms with Crippen molar-refractivity contribution < 1.29 is 14.3 Å². The van der Waals surface area contributed by atoms with Crippen molar-refractivity contribution >= 4 is 11.6 Å². The number of carbonyl (C=O) groups is 1. The molecule has 3 aromatic rings. The third-order valence-electron chi connectivity index (χ3n) is 4.43. The zero-order valence-electron chi connectivity index (χ0n) is 17.1. The fourth-order valence-electron chi connectivity index (χ4n) is 2.81. The van der Waals surface area contributed by atoms with Gasteiger partial charge in [-0.15, -0.1) is 0 Å². The van der Waals surface area contributed by atoms with Gasteiger partial charge < -0.3 is 19.8 Å². The van der Waals surface area contributed by atoms with E-state index < -0.39 is 5.91 Å². The van der Waals surface area contributed by atoms with E-state index in [1.807, 2.05) is 24.3 Å². The third kappa shape index (κ3) is 5.94. The van der Waals surface area contributed by atoms with Crippen LogP contribution in [0.3, 0.4) is 0 Å². The summed E-state index contributed by atoms with van der Waals surface area (Å²) in [7, 11) is 1.60. The highest BCUT2D eigenvalue weighted by Crippen LogP contribution is 2.17. The predicted molar refractivity (Wildman–Crippen MR) is 115 cm³/mol. The van der Waals surface area contributed by atoms with Crippen LogP contribution in [-0.4, -0.2) is 29.6 Å². The minimum absolute atomic E-state index is 0.0607. The van der Waals surface area contributed by atoms with Gasteiger partial charge in [0.2, 0.25) is 0 Å². The number of ether oxygens (including phenoxy) is 2. The summed E-state index contributed by atoms with van der Waals surface area (Å²) in [5.41, 5.74) is 1.22. The number of hydrogen-bond donors (Lipinski definition) is 2. The van der Waals surface area contributed by atoms with Gasteiger partial charge in [0.1, 0.15) is 23.0 Å². The highest BCUT2D eigenvalue weighted by atomic mass is 16.5. The van der Waals surface area contributed by atoms with E-state index in [-0.39, 0.29) is 11.3 Å². The van der Waals surface area contributed by atoms with Crippen LogP contribution >= 0.6 is 0 Å². The summed E-state index contributed by atoms with van der Waals surface area (Å²) >= 11 is 0. The predicted octanol–water partition coefficient (Wildman–Crippen LogP) is 3.80. The molecule has 0 aliphatic carbocycles. The number of hydrogen-bond acceptors (Lipinski definition) is 5. The van der Waals surface area contributed by atoms with Crippen LogP contribution in [0.15, 0.2) is 59.4 Å². The molecule has 0 spiro atoms. The van der Waals surface area contributed by atoms with Gasteiger partial charge in [0, 0.05) is 18.2 Å². The molecular weight excluding hydrogens is 382 g/mol. The lowest BCUT2D eigenvalue weighted by molar-refractivity contribution is 0.102. The Morgan fingerprint density at radius 3 is 2.43 bits per heavy atom. The summed E-state index contributed by atoms with van der Waals surface area (Å²) in [6.45, 7) is 2.77. The number of aromatic amines is 1. The summed E-state index contributed by atoms with van der Waals surface area (Å²) < 4.78 is 10.8. The van der Waals surface area contributed by atoms with E-state index in [1.54, 1.807) is 31.4 Å². The Morgan fingerprint density at radius 2 is 1.77 bits per heavy atom. The molecule has 30 heavy (non-hydrogen) atoms. The highest BCUT2D eigenvalue weighted by Gasteiger charge is 2.11. The second-order valence-corrected chi connectivity index (χ2v) is 6.78. The smallest absolute Gasteiger partial charge is 0.274 e. The molecule has 7 nitrogen and oxygen atoms in total. The molecule has 1 amide bonds. The summed E-state index contributed by atoms with van der Waals surface area (Å²) in [5.74, 6) is 1.46. The van der Waals surface area contributed by atoms with Gasteiger partial charge in [0.25, 0.3) is 11.5 Å². The Bertz CT molecular complexity index is 1030. The fraction of sp³-hybridized carbons (Fsp3) is 0.261. The zero-order chi connectivity index (χ0) is 21.3. The van der Waals surface area contributed by atoms with Gasteiger partial charge in [-0.1, -0.05) is 25.5 Å². The van der Waals surface area contributed by atoms with Gasteiger partial charge in [-0.25, -0.2) is 4.98 Å². The van der Waals surface area contributed by atoms with Crippen LogP contribution in [-0.2, 0) is 6.42 Å². The van der Waals surface area contributed by atoms with E-state index in [0.717, 1.165) is 29.9 Å². The van der Waals surface area contributed by atoms with E-state index in [2.05, 4.69) is 22.2 Å². The Kier molecular flexibility index (Phi) is 7.21. The average molecular weight is 407 g/mol. The van der Waals surface area contributed by atoms with Crippen LogP contribution in [0.5, 0.6) is 11.5 Å². The maximum atomic E-state index is 12.6. The van der Waals surface area contributed by atoms with Gasteiger partial charge in [-0.2, -0.15) is 0 Å². The number of benzene rings is 2. The van der Waals surface area contributed by atoms with Crippen molar-refractivity contribution in [1.29, 1.82) is 0 Å². The van der Waals surface area contributed by atoms with Crippen LogP contribution < -0.4 is 20.3 Å². The number of rotatable bonds is 9. The number of nitrogens with zero attached hydrogens (tertiary/aromatic N) is 1. The maximum Gasteiger partial charge on any atom is 0.274 e. The third-order valence-corrected chi connectivity index (χ3v) is 4.43. The molecule has 2 aromatic carbocycles. The Balaban J connectivity index is 1.67. The van der Waals surface area contributed by atoms with E-state index in [1.165, 1.54) is 6.07 Å². The number of unbranched alkanes of at least 4 members (excludes halogenated alkanes) is 1. The average Bonchev–Trinajstić information content (AvgIpc) is 2.75. The minimum atomic E-state index is -0.447. The molecule has 0 saturated carbocycles. The number of nitrogens with one attached hydrogen (secondary N) is 2. The van der Waals surface area contributed by atoms with E-state index in [0.29, 0.717) is 24.5 Å². The zero-order valence-corrected chi connectivity index (χ0v) is 17.1. The van der Waals surface area contributed by atoms with Gasteiger partial charge in [0.15, 0.2) is 0 Å². The summed E-state index contributed by atoms with van der Waals surface area (Å²) in [6.07, 6.45) is 2.45.